The van der Waals surface area contributed by atoms with E-state index in [1.807, 2.05) is 18.2 Å². The second kappa shape index (κ2) is 5.84. The Morgan fingerprint density at radius 2 is 2.14 bits per heavy atom. The molecule has 0 spiro atoms. The third kappa shape index (κ3) is 2.91. The predicted molar refractivity (Wildman–Crippen MR) is 81.2 cm³/mol. The summed E-state index contributed by atoms with van der Waals surface area (Å²) in [5, 5.41) is 6.35. The minimum Gasteiger partial charge on any atom is -0.322 e. The topological polar surface area (TPSA) is 41.1 Å². The monoisotopic (exact) mass is 304 g/mol. The van der Waals surface area contributed by atoms with Gasteiger partial charge in [0.25, 0.3) is 5.91 Å². The molecular weight excluding hydrogens is 291 g/mol. The summed E-state index contributed by atoms with van der Waals surface area (Å²) in [5.74, 6) is -1.08. The maximum absolute atomic E-state index is 13.8. The Labute approximate surface area is 127 Å². The van der Waals surface area contributed by atoms with Crippen LogP contribution in [0.3, 0.4) is 0 Å². The van der Waals surface area contributed by atoms with Crippen LogP contribution in [0.25, 0.3) is 0 Å². The maximum Gasteiger partial charge on any atom is 0.258 e. The van der Waals surface area contributed by atoms with Crippen LogP contribution in [-0.2, 0) is 13.0 Å². The van der Waals surface area contributed by atoms with Crippen molar-refractivity contribution in [2.45, 2.75) is 13.0 Å². The van der Waals surface area contributed by atoms with E-state index in [0.717, 1.165) is 42.4 Å². The first-order chi connectivity index (χ1) is 10.1. The van der Waals surface area contributed by atoms with Gasteiger partial charge in [-0.15, -0.1) is 0 Å². The molecule has 1 heterocycles. The number of carbonyl (C=O) groups excluding carboxylic acids is 1. The van der Waals surface area contributed by atoms with Crippen molar-refractivity contribution < 1.29 is 9.18 Å². The molecule has 3 rings (SSSR count). The summed E-state index contributed by atoms with van der Waals surface area (Å²) in [6, 6.07) is 9.80. The minimum absolute atomic E-state index is 0.00839. The van der Waals surface area contributed by atoms with Crippen molar-refractivity contribution in [1.82, 2.24) is 5.32 Å². The van der Waals surface area contributed by atoms with E-state index in [2.05, 4.69) is 10.6 Å². The molecule has 0 radical (unpaired) electrons. The fourth-order valence-corrected chi connectivity index (χ4v) is 2.67. The second-order valence-corrected chi connectivity index (χ2v) is 5.38. The molecular formula is C16H14ClFN2O. The van der Waals surface area contributed by atoms with Crippen molar-refractivity contribution >= 4 is 23.2 Å². The Balaban J connectivity index is 1.88. The average molecular weight is 305 g/mol. The van der Waals surface area contributed by atoms with Crippen molar-refractivity contribution in [3.8, 4) is 0 Å². The van der Waals surface area contributed by atoms with Gasteiger partial charge in [-0.1, -0.05) is 23.7 Å². The van der Waals surface area contributed by atoms with Gasteiger partial charge in [-0.05, 0) is 48.4 Å². The number of anilines is 1. The highest BCUT2D eigenvalue weighted by atomic mass is 35.5. The van der Waals surface area contributed by atoms with Crippen LogP contribution in [0.4, 0.5) is 10.1 Å². The molecule has 2 aromatic carbocycles. The van der Waals surface area contributed by atoms with Gasteiger partial charge < -0.3 is 10.6 Å². The van der Waals surface area contributed by atoms with Gasteiger partial charge in [0.1, 0.15) is 5.82 Å². The molecule has 1 amide bonds. The Hall–Kier alpha value is -1.91. The molecule has 0 bridgehead atoms. The van der Waals surface area contributed by atoms with E-state index in [1.165, 1.54) is 12.1 Å². The summed E-state index contributed by atoms with van der Waals surface area (Å²) in [6.07, 6.45) is 0.842. The third-order valence-electron chi connectivity index (χ3n) is 3.56. The molecule has 1 aliphatic rings. The molecule has 3 nitrogen and oxygen atoms in total. The van der Waals surface area contributed by atoms with Crippen LogP contribution in [0.1, 0.15) is 21.5 Å². The molecule has 1 aliphatic heterocycles. The van der Waals surface area contributed by atoms with Crippen molar-refractivity contribution in [1.29, 1.82) is 0 Å². The quantitative estimate of drug-likeness (QED) is 0.893. The SMILES string of the molecule is O=C(Nc1cccc2c1CCNC2)c1ccc(Cl)cc1F. The Kier molecular flexibility index (Phi) is 3.90. The smallest absolute Gasteiger partial charge is 0.258 e. The number of carbonyl (C=O) groups is 1. The summed E-state index contributed by atoms with van der Waals surface area (Å²) in [5.41, 5.74) is 3.01. The first kappa shape index (κ1) is 14.0. The van der Waals surface area contributed by atoms with Gasteiger partial charge in [0.2, 0.25) is 0 Å². The lowest BCUT2D eigenvalue weighted by Crippen LogP contribution is -2.25. The van der Waals surface area contributed by atoms with Crippen LogP contribution in [0.2, 0.25) is 5.02 Å². The summed E-state index contributed by atoms with van der Waals surface area (Å²) in [7, 11) is 0. The van der Waals surface area contributed by atoms with E-state index in [0.29, 0.717) is 0 Å². The largest absolute Gasteiger partial charge is 0.322 e. The third-order valence-corrected chi connectivity index (χ3v) is 3.80. The lowest BCUT2D eigenvalue weighted by molar-refractivity contribution is 0.102. The molecule has 0 atom stereocenters. The van der Waals surface area contributed by atoms with E-state index in [9.17, 15) is 9.18 Å². The molecule has 0 saturated heterocycles. The first-order valence-corrected chi connectivity index (χ1v) is 7.11. The summed E-state index contributed by atoms with van der Waals surface area (Å²) in [6.45, 7) is 1.66. The van der Waals surface area contributed by atoms with Crippen molar-refractivity contribution in [2.24, 2.45) is 0 Å². The van der Waals surface area contributed by atoms with Crippen LogP contribution < -0.4 is 10.6 Å². The Morgan fingerprint density at radius 1 is 1.29 bits per heavy atom. The van der Waals surface area contributed by atoms with Gasteiger partial charge in [0.15, 0.2) is 0 Å². The lowest BCUT2D eigenvalue weighted by Gasteiger charge is -2.20. The molecule has 5 heteroatoms. The summed E-state index contributed by atoms with van der Waals surface area (Å²) in [4.78, 5) is 12.2. The fraction of sp³-hybridized carbons (Fsp3) is 0.188. The average Bonchev–Trinajstić information content (AvgIpc) is 2.47. The number of benzene rings is 2. The summed E-state index contributed by atoms with van der Waals surface area (Å²) < 4.78 is 13.8. The minimum atomic E-state index is -0.619. The van der Waals surface area contributed by atoms with Gasteiger partial charge >= 0.3 is 0 Å². The van der Waals surface area contributed by atoms with Crippen LogP contribution in [0, 0.1) is 5.82 Å². The van der Waals surface area contributed by atoms with E-state index >= 15 is 0 Å². The van der Waals surface area contributed by atoms with E-state index in [-0.39, 0.29) is 10.6 Å². The highest BCUT2D eigenvalue weighted by Gasteiger charge is 2.17. The molecule has 2 aromatic rings. The van der Waals surface area contributed by atoms with Crippen molar-refractivity contribution in [3.05, 3.63) is 63.9 Å². The van der Waals surface area contributed by atoms with E-state index in [1.54, 1.807) is 0 Å². The van der Waals surface area contributed by atoms with Crippen molar-refractivity contribution in [3.63, 3.8) is 0 Å². The Bertz CT molecular complexity index is 703. The molecule has 0 saturated carbocycles. The van der Waals surface area contributed by atoms with Crippen LogP contribution >= 0.6 is 11.6 Å². The molecule has 0 aromatic heterocycles. The number of fused-ring (bicyclic) bond motifs is 1. The highest BCUT2D eigenvalue weighted by molar-refractivity contribution is 6.30. The Morgan fingerprint density at radius 3 is 2.95 bits per heavy atom. The summed E-state index contributed by atoms with van der Waals surface area (Å²) >= 11 is 5.70. The molecule has 0 aliphatic carbocycles. The van der Waals surface area contributed by atoms with E-state index < -0.39 is 11.7 Å². The fourth-order valence-electron chi connectivity index (χ4n) is 2.51. The number of nitrogens with one attached hydrogen (secondary N) is 2. The zero-order valence-corrected chi connectivity index (χ0v) is 12.0. The number of amides is 1. The van der Waals surface area contributed by atoms with Gasteiger partial charge in [0.05, 0.1) is 5.56 Å². The maximum atomic E-state index is 13.8. The van der Waals surface area contributed by atoms with Crippen molar-refractivity contribution in [2.75, 3.05) is 11.9 Å². The van der Waals surface area contributed by atoms with Gasteiger partial charge in [-0.3, -0.25) is 4.79 Å². The molecule has 108 valence electrons. The molecule has 0 unspecified atom stereocenters. The molecule has 2 N–H and O–H groups in total. The standard InChI is InChI=1S/C16H14ClFN2O/c17-11-4-5-13(14(18)8-11)16(21)20-15-3-1-2-10-9-19-7-6-12(10)15/h1-5,8,19H,6-7,9H2,(H,20,21). The number of rotatable bonds is 2. The first-order valence-electron chi connectivity index (χ1n) is 6.73. The highest BCUT2D eigenvalue weighted by Crippen LogP contribution is 2.24. The van der Waals surface area contributed by atoms with Gasteiger partial charge in [0, 0.05) is 17.3 Å². The van der Waals surface area contributed by atoms with Crippen LogP contribution in [0.15, 0.2) is 36.4 Å². The zero-order chi connectivity index (χ0) is 14.8. The van der Waals surface area contributed by atoms with Crippen LogP contribution in [0.5, 0.6) is 0 Å². The molecule has 0 fully saturated rings. The van der Waals surface area contributed by atoms with Crippen LogP contribution in [-0.4, -0.2) is 12.5 Å². The van der Waals surface area contributed by atoms with Gasteiger partial charge in [-0.25, -0.2) is 4.39 Å². The molecule has 21 heavy (non-hydrogen) atoms. The van der Waals surface area contributed by atoms with E-state index in [4.69, 9.17) is 11.6 Å². The zero-order valence-electron chi connectivity index (χ0n) is 11.2. The number of hydrogen-bond acceptors (Lipinski definition) is 2. The van der Waals surface area contributed by atoms with Gasteiger partial charge in [-0.2, -0.15) is 0 Å². The number of halogens is 2. The predicted octanol–water partition coefficient (Wildman–Crippen LogP) is 3.38. The second-order valence-electron chi connectivity index (χ2n) is 4.95. The number of hydrogen-bond donors (Lipinski definition) is 2. The lowest BCUT2D eigenvalue weighted by atomic mass is 9.99. The normalized spacial score (nSPS) is 13.6.